The molecule has 6 nitrogen and oxygen atoms in total. The highest BCUT2D eigenvalue weighted by atomic mass is 35.5. The first-order valence-corrected chi connectivity index (χ1v) is 8.20. The third kappa shape index (κ3) is 4.47. The van der Waals surface area contributed by atoms with Crippen LogP contribution >= 0.6 is 11.6 Å². The number of nitrogens with zero attached hydrogens (tertiary/aromatic N) is 2. The quantitative estimate of drug-likeness (QED) is 0.664. The highest BCUT2D eigenvalue weighted by molar-refractivity contribution is 6.30. The number of anilines is 1. The molecule has 2 aromatic carbocycles. The fraction of sp³-hybridized carbons (Fsp3) is 0.158. The summed E-state index contributed by atoms with van der Waals surface area (Å²) in [5.74, 6) is 2.05. The molecule has 7 heteroatoms. The zero-order valence-electron chi connectivity index (χ0n) is 14.0. The molecule has 26 heavy (non-hydrogen) atoms. The molecule has 0 atom stereocenters. The molecular weight excluding hydrogens is 354 g/mol. The van der Waals surface area contributed by atoms with Crippen LogP contribution in [-0.4, -0.2) is 12.1 Å². The van der Waals surface area contributed by atoms with Crippen molar-refractivity contribution in [3.8, 4) is 17.6 Å². The average molecular weight is 370 g/mol. The SMILES string of the molecule is COc1ccc(CNc2oc(COc3ccc(Cl)cc3)nc2C#N)cc1. The number of nitriles is 1. The molecule has 0 spiro atoms. The second-order valence-electron chi connectivity index (χ2n) is 5.34. The minimum Gasteiger partial charge on any atom is -0.497 e. The number of hydrogen-bond donors (Lipinski definition) is 1. The van der Waals surface area contributed by atoms with Crippen molar-refractivity contribution < 1.29 is 13.9 Å². The van der Waals surface area contributed by atoms with Crippen molar-refractivity contribution in [2.75, 3.05) is 12.4 Å². The van der Waals surface area contributed by atoms with E-state index in [1.54, 1.807) is 31.4 Å². The van der Waals surface area contributed by atoms with Crippen LogP contribution in [0.5, 0.6) is 11.5 Å². The molecule has 132 valence electrons. The maximum Gasteiger partial charge on any atom is 0.236 e. The first kappa shape index (κ1) is 17.6. The Hall–Kier alpha value is -3.17. The third-order valence-corrected chi connectivity index (χ3v) is 3.82. The van der Waals surface area contributed by atoms with Crippen LogP contribution in [0.2, 0.25) is 5.02 Å². The number of hydrogen-bond acceptors (Lipinski definition) is 6. The lowest BCUT2D eigenvalue weighted by Crippen LogP contribution is -1.99. The lowest BCUT2D eigenvalue weighted by Gasteiger charge is -2.05. The Bertz CT molecular complexity index is 899. The Kier molecular flexibility index (Phi) is 5.62. The van der Waals surface area contributed by atoms with Crippen LogP contribution < -0.4 is 14.8 Å². The molecule has 0 unspecified atom stereocenters. The Labute approximate surface area is 155 Å². The summed E-state index contributed by atoms with van der Waals surface area (Å²) < 4.78 is 16.3. The van der Waals surface area contributed by atoms with E-state index < -0.39 is 0 Å². The van der Waals surface area contributed by atoms with Gasteiger partial charge in [0.15, 0.2) is 6.61 Å². The molecule has 0 fully saturated rings. The maximum atomic E-state index is 9.23. The van der Waals surface area contributed by atoms with Gasteiger partial charge in [-0.1, -0.05) is 23.7 Å². The van der Waals surface area contributed by atoms with Gasteiger partial charge < -0.3 is 19.2 Å². The molecule has 0 amide bonds. The highest BCUT2D eigenvalue weighted by Gasteiger charge is 2.13. The van der Waals surface area contributed by atoms with Crippen molar-refractivity contribution in [2.45, 2.75) is 13.2 Å². The number of oxazole rings is 1. The zero-order chi connectivity index (χ0) is 18.4. The van der Waals surface area contributed by atoms with E-state index in [4.69, 9.17) is 25.5 Å². The number of aromatic nitrogens is 1. The lowest BCUT2D eigenvalue weighted by molar-refractivity contribution is 0.265. The van der Waals surface area contributed by atoms with Crippen molar-refractivity contribution >= 4 is 17.5 Å². The number of halogens is 1. The molecule has 1 heterocycles. The van der Waals surface area contributed by atoms with E-state index >= 15 is 0 Å². The molecule has 0 saturated carbocycles. The van der Waals surface area contributed by atoms with E-state index in [9.17, 15) is 5.26 Å². The van der Waals surface area contributed by atoms with Gasteiger partial charge in [0.2, 0.25) is 17.5 Å². The van der Waals surface area contributed by atoms with Crippen molar-refractivity contribution in [3.63, 3.8) is 0 Å². The number of ether oxygens (including phenoxy) is 2. The van der Waals surface area contributed by atoms with Crippen LogP contribution in [0, 0.1) is 11.3 Å². The van der Waals surface area contributed by atoms with E-state index in [2.05, 4.69) is 10.3 Å². The second-order valence-corrected chi connectivity index (χ2v) is 5.78. The molecule has 0 radical (unpaired) electrons. The van der Waals surface area contributed by atoms with Gasteiger partial charge in [0.05, 0.1) is 7.11 Å². The van der Waals surface area contributed by atoms with Gasteiger partial charge in [-0.25, -0.2) is 0 Å². The van der Waals surface area contributed by atoms with Crippen LogP contribution in [-0.2, 0) is 13.2 Å². The zero-order valence-corrected chi connectivity index (χ0v) is 14.8. The molecule has 1 aromatic heterocycles. The second kappa shape index (κ2) is 8.28. The summed E-state index contributed by atoms with van der Waals surface area (Å²) in [6, 6.07) is 16.6. The normalized spacial score (nSPS) is 10.2. The largest absolute Gasteiger partial charge is 0.497 e. The van der Waals surface area contributed by atoms with E-state index in [0.29, 0.717) is 29.1 Å². The molecule has 0 saturated heterocycles. The summed E-state index contributed by atoms with van der Waals surface area (Å²) in [5, 5.41) is 12.9. The summed E-state index contributed by atoms with van der Waals surface area (Å²) in [5.41, 5.74) is 1.21. The van der Waals surface area contributed by atoms with E-state index in [1.807, 2.05) is 30.3 Å². The summed E-state index contributed by atoms with van der Waals surface area (Å²) in [6.45, 7) is 0.603. The first-order valence-electron chi connectivity index (χ1n) is 7.83. The van der Waals surface area contributed by atoms with Gasteiger partial charge in [0, 0.05) is 11.6 Å². The van der Waals surface area contributed by atoms with Crippen molar-refractivity contribution in [3.05, 3.63) is 70.7 Å². The number of methoxy groups -OCH3 is 1. The predicted octanol–water partition coefficient (Wildman–Crippen LogP) is 4.40. The standard InChI is InChI=1S/C19H16ClN3O3/c1-24-15-6-2-13(3-7-15)11-22-19-17(10-21)23-18(26-19)12-25-16-8-4-14(20)5-9-16/h2-9,22H,11-12H2,1H3. The fourth-order valence-electron chi connectivity index (χ4n) is 2.22. The van der Waals surface area contributed by atoms with Crippen molar-refractivity contribution in [1.82, 2.24) is 4.98 Å². The topological polar surface area (TPSA) is 80.3 Å². The Morgan fingerprint density at radius 2 is 1.81 bits per heavy atom. The Morgan fingerprint density at radius 3 is 2.46 bits per heavy atom. The monoisotopic (exact) mass is 369 g/mol. The molecule has 1 N–H and O–H groups in total. The molecule has 3 rings (SSSR count). The van der Waals surface area contributed by atoms with Gasteiger partial charge in [-0.15, -0.1) is 0 Å². The minimum absolute atomic E-state index is 0.112. The summed E-state index contributed by atoms with van der Waals surface area (Å²) in [7, 11) is 1.62. The molecule has 0 aliphatic carbocycles. The smallest absolute Gasteiger partial charge is 0.236 e. The van der Waals surface area contributed by atoms with E-state index in [0.717, 1.165) is 11.3 Å². The van der Waals surface area contributed by atoms with Gasteiger partial charge in [0.25, 0.3) is 0 Å². The average Bonchev–Trinajstić information content (AvgIpc) is 3.08. The summed E-state index contributed by atoms with van der Waals surface area (Å²) in [6.07, 6.45) is 0. The summed E-state index contributed by atoms with van der Waals surface area (Å²) in [4.78, 5) is 4.14. The van der Waals surface area contributed by atoms with Gasteiger partial charge >= 0.3 is 0 Å². The first-order chi connectivity index (χ1) is 12.7. The van der Waals surface area contributed by atoms with E-state index in [-0.39, 0.29) is 12.3 Å². The van der Waals surface area contributed by atoms with Crippen LogP contribution in [0.25, 0.3) is 0 Å². The number of rotatable bonds is 7. The van der Waals surface area contributed by atoms with Crippen molar-refractivity contribution in [1.29, 1.82) is 5.26 Å². The fourth-order valence-corrected chi connectivity index (χ4v) is 2.35. The maximum absolute atomic E-state index is 9.23. The van der Waals surface area contributed by atoms with Gasteiger partial charge in [-0.2, -0.15) is 10.2 Å². The van der Waals surface area contributed by atoms with Gasteiger partial charge in [-0.05, 0) is 42.0 Å². The molecule has 3 aromatic rings. The Balaban J connectivity index is 1.62. The molecular formula is C19H16ClN3O3. The van der Waals surface area contributed by atoms with E-state index in [1.165, 1.54) is 0 Å². The third-order valence-electron chi connectivity index (χ3n) is 3.57. The molecule has 0 bridgehead atoms. The predicted molar refractivity (Wildman–Crippen MR) is 97.3 cm³/mol. The summed E-state index contributed by atoms with van der Waals surface area (Å²) >= 11 is 5.84. The van der Waals surface area contributed by atoms with Crippen molar-refractivity contribution in [2.24, 2.45) is 0 Å². The Morgan fingerprint density at radius 1 is 1.12 bits per heavy atom. The highest BCUT2D eigenvalue weighted by Crippen LogP contribution is 2.21. The van der Waals surface area contributed by atoms with Gasteiger partial charge in [-0.3, -0.25) is 0 Å². The van der Waals surface area contributed by atoms with Crippen LogP contribution in [0.15, 0.2) is 52.9 Å². The minimum atomic E-state index is 0.112. The number of benzene rings is 2. The van der Waals surface area contributed by atoms with Gasteiger partial charge in [0.1, 0.15) is 17.6 Å². The van der Waals surface area contributed by atoms with Crippen LogP contribution in [0.3, 0.4) is 0 Å². The molecule has 0 aliphatic heterocycles. The molecule has 0 aliphatic rings. The van der Waals surface area contributed by atoms with Crippen LogP contribution in [0.1, 0.15) is 17.1 Å². The number of nitrogens with one attached hydrogen (secondary N) is 1. The lowest BCUT2D eigenvalue weighted by atomic mass is 10.2. The van der Waals surface area contributed by atoms with Crippen LogP contribution in [0.4, 0.5) is 5.88 Å².